The molecule has 4 nitrogen and oxygen atoms in total. The van der Waals surface area contributed by atoms with Gasteiger partial charge in [-0.3, -0.25) is 0 Å². The monoisotopic (exact) mass is 191 g/mol. The summed E-state index contributed by atoms with van der Waals surface area (Å²) in [5, 5.41) is 0. The summed E-state index contributed by atoms with van der Waals surface area (Å²) in [5.74, 6) is 0.809. The molecule has 0 aliphatic carbocycles. The van der Waals surface area contributed by atoms with E-state index in [4.69, 9.17) is 0 Å². The van der Waals surface area contributed by atoms with Crippen LogP contribution >= 0.6 is 0 Å². The van der Waals surface area contributed by atoms with Gasteiger partial charge in [-0.1, -0.05) is 6.92 Å². The van der Waals surface area contributed by atoms with Gasteiger partial charge in [0, 0.05) is 32.4 Å². The van der Waals surface area contributed by atoms with Crippen molar-refractivity contribution in [1.82, 2.24) is 14.9 Å². The molecule has 0 unspecified atom stereocenters. The average Bonchev–Trinajstić information content (AvgIpc) is 2.30. The van der Waals surface area contributed by atoms with E-state index in [0.717, 1.165) is 38.7 Å². The molecule has 0 atom stereocenters. The molecule has 1 aromatic heterocycles. The van der Waals surface area contributed by atoms with Gasteiger partial charge in [0.1, 0.15) is 0 Å². The van der Waals surface area contributed by atoms with Gasteiger partial charge in [-0.05, 0) is 12.6 Å². The molecule has 1 saturated heterocycles. The van der Waals surface area contributed by atoms with Gasteiger partial charge in [0.25, 0.3) is 0 Å². The minimum Gasteiger partial charge on any atom is -0.338 e. The molecule has 0 saturated carbocycles. The third-order valence-corrected chi connectivity index (χ3v) is 2.61. The van der Waals surface area contributed by atoms with Gasteiger partial charge in [0.05, 0.1) is 6.20 Å². The molecule has 75 valence electrons. The SMILES string of the molecule is CCN1CCN(c2n[c]ccn2)CC1. The maximum atomic E-state index is 4.22. The predicted molar refractivity (Wildman–Crippen MR) is 55.2 cm³/mol. The third kappa shape index (κ3) is 2.01. The Morgan fingerprint density at radius 1 is 1.36 bits per heavy atom. The number of aromatic nitrogens is 2. The second-order valence-electron chi connectivity index (χ2n) is 3.41. The molecule has 0 amide bonds. The first-order valence-corrected chi connectivity index (χ1v) is 5.06. The maximum absolute atomic E-state index is 4.22. The normalized spacial score (nSPS) is 18.5. The van der Waals surface area contributed by atoms with Crippen LogP contribution in [-0.2, 0) is 0 Å². The van der Waals surface area contributed by atoms with Gasteiger partial charge in [-0.2, -0.15) is 0 Å². The van der Waals surface area contributed by atoms with Crippen LogP contribution in [0.2, 0.25) is 0 Å². The fourth-order valence-corrected chi connectivity index (χ4v) is 1.68. The lowest BCUT2D eigenvalue weighted by molar-refractivity contribution is 0.270. The van der Waals surface area contributed by atoms with Crippen molar-refractivity contribution in [2.45, 2.75) is 6.92 Å². The molecular formula is C10H15N4. The van der Waals surface area contributed by atoms with E-state index in [-0.39, 0.29) is 0 Å². The number of likely N-dealkylation sites (N-methyl/N-ethyl adjacent to an activating group) is 1. The van der Waals surface area contributed by atoms with Crippen molar-refractivity contribution in [2.75, 3.05) is 37.6 Å². The van der Waals surface area contributed by atoms with Crippen molar-refractivity contribution in [3.05, 3.63) is 18.5 Å². The number of anilines is 1. The Bertz CT molecular complexity index is 267. The summed E-state index contributed by atoms with van der Waals surface area (Å²) in [7, 11) is 0. The Morgan fingerprint density at radius 3 is 2.71 bits per heavy atom. The van der Waals surface area contributed by atoms with Crippen molar-refractivity contribution in [3.63, 3.8) is 0 Å². The summed E-state index contributed by atoms with van der Waals surface area (Å²) in [5.41, 5.74) is 0. The first kappa shape index (κ1) is 9.40. The highest BCUT2D eigenvalue weighted by Gasteiger charge is 2.16. The molecular weight excluding hydrogens is 176 g/mol. The van der Waals surface area contributed by atoms with E-state index in [0.29, 0.717) is 0 Å². The Hall–Kier alpha value is -1.16. The molecule has 2 heterocycles. The van der Waals surface area contributed by atoms with E-state index in [2.05, 4.69) is 32.9 Å². The molecule has 2 rings (SSSR count). The van der Waals surface area contributed by atoms with Crippen LogP contribution in [0.15, 0.2) is 12.3 Å². The minimum atomic E-state index is 0.809. The van der Waals surface area contributed by atoms with Crippen LogP contribution in [0.25, 0.3) is 0 Å². The summed E-state index contributed by atoms with van der Waals surface area (Å²) in [4.78, 5) is 13.0. The number of hydrogen-bond donors (Lipinski definition) is 0. The summed E-state index contributed by atoms with van der Waals surface area (Å²) in [6.07, 6.45) is 4.56. The van der Waals surface area contributed by atoms with Gasteiger partial charge in [0.15, 0.2) is 0 Å². The van der Waals surface area contributed by atoms with Crippen LogP contribution in [-0.4, -0.2) is 47.6 Å². The Morgan fingerprint density at radius 2 is 2.14 bits per heavy atom. The van der Waals surface area contributed by atoms with Crippen molar-refractivity contribution in [3.8, 4) is 0 Å². The van der Waals surface area contributed by atoms with Gasteiger partial charge in [-0.15, -0.1) is 0 Å². The molecule has 4 heteroatoms. The lowest BCUT2D eigenvalue weighted by Crippen LogP contribution is -2.46. The average molecular weight is 191 g/mol. The standard InChI is InChI=1S/C10H15N4/c1-2-13-6-8-14(9-7-13)10-11-4-3-5-12-10/h3-4H,2,6-9H2,1H3. The van der Waals surface area contributed by atoms with Crippen LogP contribution in [0, 0.1) is 6.20 Å². The van der Waals surface area contributed by atoms with Crippen molar-refractivity contribution < 1.29 is 0 Å². The quantitative estimate of drug-likeness (QED) is 0.678. The highest BCUT2D eigenvalue weighted by molar-refractivity contribution is 5.28. The number of nitrogens with zero attached hydrogens (tertiary/aromatic N) is 4. The molecule has 0 aromatic carbocycles. The first-order chi connectivity index (χ1) is 6.90. The number of piperazine rings is 1. The van der Waals surface area contributed by atoms with Crippen LogP contribution in [0.4, 0.5) is 5.95 Å². The zero-order valence-corrected chi connectivity index (χ0v) is 8.48. The van der Waals surface area contributed by atoms with Crippen LogP contribution in [0.3, 0.4) is 0 Å². The second kappa shape index (κ2) is 4.37. The second-order valence-corrected chi connectivity index (χ2v) is 3.41. The Labute approximate surface area is 84.6 Å². The molecule has 1 aromatic rings. The zero-order chi connectivity index (χ0) is 9.80. The van der Waals surface area contributed by atoms with E-state index in [1.165, 1.54) is 0 Å². The zero-order valence-electron chi connectivity index (χ0n) is 8.48. The smallest absolute Gasteiger partial charge is 0.225 e. The molecule has 1 fully saturated rings. The summed E-state index contributed by atoms with van der Waals surface area (Å²) in [6, 6.07) is 1.73. The van der Waals surface area contributed by atoms with Gasteiger partial charge in [0.2, 0.25) is 5.95 Å². The van der Waals surface area contributed by atoms with Crippen molar-refractivity contribution in [2.24, 2.45) is 0 Å². The largest absolute Gasteiger partial charge is 0.338 e. The van der Waals surface area contributed by atoms with Gasteiger partial charge < -0.3 is 9.80 Å². The van der Waals surface area contributed by atoms with E-state index < -0.39 is 0 Å². The lowest BCUT2D eigenvalue weighted by atomic mass is 10.3. The van der Waals surface area contributed by atoms with Crippen LogP contribution in [0.5, 0.6) is 0 Å². The van der Waals surface area contributed by atoms with Crippen LogP contribution < -0.4 is 4.90 Å². The van der Waals surface area contributed by atoms with E-state index >= 15 is 0 Å². The molecule has 0 N–H and O–H groups in total. The number of hydrogen-bond acceptors (Lipinski definition) is 4. The van der Waals surface area contributed by atoms with Crippen molar-refractivity contribution in [1.29, 1.82) is 0 Å². The summed E-state index contributed by atoms with van der Waals surface area (Å²) < 4.78 is 0. The highest BCUT2D eigenvalue weighted by Crippen LogP contribution is 2.08. The van der Waals surface area contributed by atoms with Gasteiger partial charge in [-0.25, -0.2) is 9.97 Å². The molecule has 1 radical (unpaired) electrons. The lowest BCUT2D eigenvalue weighted by Gasteiger charge is -2.33. The molecule has 1 aliphatic rings. The van der Waals surface area contributed by atoms with Crippen LogP contribution in [0.1, 0.15) is 6.92 Å². The number of rotatable bonds is 2. The van der Waals surface area contributed by atoms with E-state index in [1.807, 2.05) is 0 Å². The molecule has 1 aliphatic heterocycles. The highest BCUT2D eigenvalue weighted by atomic mass is 15.3. The summed E-state index contributed by atoms with van der Waals surface area (Å²) in [6.45, 7) is 7.58. The van der Waals surface area contributed by atoms with Gasteiger partial charge >= 0.3 is 0 Å². The Balaban J connectivity index is 1.96. The topological polar surface area (TPSA) is 32.3 Å². The Kier molecular flexibility index (Phi) is 2.93. The van der Waals surface area contributed by atoms with E-state index in [9.17, 15) is 0 Å². The summed E-state index contributed by atoms with van der Waals surface area (Å²) >= 11 is 0. The van der Waals surface area contributed by atoms with E-state index in [1.54, 1.807) is 12.3 Å². The molecule has 0 bridgehead atoms. The minimum absolute atomic E-state index is 0.809. The van der Waals surface area contributed by atoms with Crippen molar-refractivity contribution >= 4 is 5.95 Å². The predicted octanol–water partition coefficient (Wildman–Crippen LogP) is 0.419. The fourth-order valence-electron chi connectivity index (χ4n) is 1.68. The maximum Gasteiger partial charge on any atom is 0.225 e. The fraction of sp³-hybridized carbons (Fsp3) is 0.600. The first-order valence-electron chi connectivity index (χ1n) is 5.06. The third-order valence-electron chi connectivity index (χ3n) is 2.61. The molecule has 0 spiro atoms. The molecule has 14 heavy (non-hydrogen) atoms.